The van der Waals surface area contributed by atoms with Gasteiger partial charge in [-0.15, -0.1) is 11.8 Å². The average Bonchev–Trinajstić information content (AvgIpc) is 2.25. The van der Waals surface area contributed by atoms with E-state index in [9.17, 15) is 4.79 Å². The van der Waals surface area contributed by atoms with Crippen LogP contribution in [-0.4, -0.2) is 29.4 Å². The molecule has 0 radical (unpaired) electrons. The Morgan fingerprint density at radius 2 is 2.25 bits per heavy atom. The maximum atomic E-state index is 10.8. The van der Waals surface area contributed by atoms with Gasteiger partial charge >= 0.3 is 6.09 Å². The molecule has 0 unspecified atom stereocenters. The number of nitrogens with zero attached hydrogens (tertiary/aromatic N) is 2. The SMILES string of the molecule is COC(=O)NNc1nc(N)nc(Cl)c1SC. The third-order valence-electron chi connectivity index (χ3n) is 1.51. The van der Waals surface area contributed by atoms with Gasteiger partial charge in [-0.05, 0) is 6.26 Å². The van der Waals surface area contributed by atoms with Crippen molar-refractivity contribution in [2.75, 3.05) is 24.5 Å². The number of nitrogen functional groups attached to an aromatic ring is 1. The van der Waals surface area contributed by atoms with Crippen molar-refractivity contribution in [3.05, 3.63) is 5.15 Å². The van der Waals surface area contributed by atoms with Gasteiger partial charge in [0.25, 0.3) is 0 Å². The lowest BCUT2D eigenvalue weighted by molar-refractivity contribution is 0.173. The fraction of sp³-hybridized carbons (Fsp3) is 0.286. The molecule has 0 aliphatic rings. The standard InChI is InChI=1S/C7H10ClN5O2S/c1-15-7(14)13-12-5-3(16-2)4(8)10-6(9)11-5/h1-2H3,(H,13,14)(H3,9,10,11,12). The second kappa shape index (κ2) is 5.61. The summed E-state index contributed by atoms with van der Waals surface area (Å²) in [7, 11) is 1.24. The van der Waals surface area contributed by atoms with E-state index in [0.29, 0.717) is 10.7 Å². The van der Waals surface area contributed by atoms with E-state index in [0.717, 1.165) is 0 Å². The van der Waals surface area contributed by atoms with Crippen LogP contribution in [0.5, 0.6) is 0 Å². The summed E-state index contributed by atoms with van der Waals surface area (Å²) in [5.41, 5.74) is 10.2. The molecule has 0 fully saturated rings. The maximum Gasteiger partial charge on any atom is 0.425 e. The number of anilines is 2. The molecule has 9 heteroatoms. The number of amides is 1. The van der Waals surface area contributed by atoms with Crippen molar-refractivity contribution in [1.29, 1.82) is 0 Å². The Bertz CT molecular complexity index is 403. The summed E-state index contributed by atoms with van der Waals surface area (Å²) >= 11 is 7.17. The molecule has 1 rings (SSSR count). The molecule has 0 bridgehead atoms. The van der Waals surface area contributed by atoms with E-state index in [1.54, 1.807) is 6.26 Å². The number of rotatable bonds is 3. The highest BCUT2D eigenvalue weighted by molar-refractivity contribution is 7.98. The summed E-state index contributed by atoms with van der Waals surface area (Å²) in [6, 6.07) is 0. The summed E-state index contributed by atoms with van der Waals surface area (Å²) in [6.07, 6.45) is 1.14. The van der Waals surface area contributed by atoms with Gasteiger partial charge in [0.15, 0.2) is 5.82 Å². The average molecular weight is 264 g/mol. The van der Waals surface area contributed by atoms with Gasteiger partial charge < -0.3 is 10.5 Å². The highest BCUT2D eigenvalue weighted by Crippen LogP contribution is 2.30. The normalized spacial score (nSPS) is 9.69. The highest BCUT2D eigenvalue weighted by Gasteiger charge is 2.11. The Hall–Kier alpha value is -1.41. The van der Waals surface area contributed by atoms with Crippen molar-refractivity contribution in [2.45, 2.75) is 4.90 Å². The quantitative estimate of drug-likeness (QED) is 0.427. The Morgan fingerprint density at radius 1 is 1.56 bits per heavy atom. The molecule has 1 aromatic heterocycles. The number of hydrazine groups is 1. The summed E-state index contributed by atoms with van der Waals surface area (Å²) in [5.74, 6) is 0.326. The second-order valence-corrected chi connectivity index (χ2v) is 3.67. The Balaban J connectivity index is 2.89. The van der Waals surface area contributed by atoms with Crippen LogP contribution in [0.15, 0.2) is 4.90 Å². The van der Waals surface area contributed by atoms with Crippen LogP contribution < -0.4 is 16.6 Å². The molecule has 16 heavy (non-hydrogen) atoms. The van der Waals surface area contributed by atoms with Crippen LogP contribution in [0.1, 0.15) is 0 Å². The van der Waals surface area contributed by atoms with Gasteiger partial charge in [-0.25, -0.2) is 10.2 Å². The van der Waals surface area contributed by atoms with E-state index in [4.69, 9.17) is 17.3 Å². The summed E-state index contributed by atoms with van der Waals surface area (Å²) in [4.78, 5) is 19.1. The largest absolute Gasteiger partial charge is 0.452 e. The molecule has 7 nitrogen and oxygen atoms in total. The fourth-order valence-electron chi connectivity index (χ4n) is 0.866. The van der Waals surface area contributed by atoms with Crippen LogP contribution in [0.25, 0.3) is 0 Å². The number of carbonyl (C=O) groups is 1. The summed E-state index contributed by atoms with van der Waals surface area (Å²) in [6.45, 7) is 0. The number of ether oxygens (including phenoxy) is 1. The zero-order valence-corrected chi connectivity index (χ0v) is 10.1. The third-order valence-corrected chi connectivity index (χ3v) is 2.69. The molecule has 1 aromatic rings. The molecule has 0 aliphatic carbocycles. The summed E-state index contributed by atoms with van der Waals surface area (Å²) < 4.78 is 4.38. The first-order valence-corrected chi connectivity index (χ1v) is 5.65. The number of nitrogens with two attached hydrogens (primary N) is 1. The molecule has 1 heterocycles. The van der Waals surface area contributed by atoms with Gasteiger partial charge in [0.2, 0.25) is 5.95 Å². The number of carbonyl (C=O) groups excluding carboxylic acids is 1. The zero-order chi connectivity index (χ0) is 12.1. The van der Waals surface area contributed by atoms with Crippen molar-refractivity contribution < 1.29 is 9.53 Å². The van der Waals surface area contributed by atoms with E-state index < -0.39 is 6.09 Å². The van der Waals surface area contributed by atoms with Crippen molar-refractivity contribution in [3.63, 3.8) is 0 Å². The predicted octanol–water partition coefficient (Wildman–Crippen LogP) is 1.12. The number of methoxy groups -OCH3 is 1. The topological polar surface area (TPSA) is 102 Å². The first-order chi connectivity index (χ1) is 7.58. The van der Waals surface area contributed by atoms with Crippen LogP contribution in [0.2, 0.25) is 5.15 Å². The Kier molecular flexibility index (Phi) is 4.44. The van der Waals surface area contributed by atoms with Gasteiger partial charge in [0.05, 0.1) is 12.0 Å². The van der Waals surface area contributed by atoms with E-state index >= 15 is 0 Å². The van der Waals surface area contributed by atoms with Gasteiger partial charge in [-0.3, -0.25) is 5.43 Å². The molecule has 88 valence electrons. The molecule has 0 spiro atoms. The number of hydrogen-bond acceptors (Lipinski definition) is 7. The molecule has 0 saturated heterocycles. The lowest BCUT2D eigenvalue weighted by Crippen LogP contribution is -2.30. The van der Waals surface area contributed by atoms with Crippen LogP contribution in [-0.2, 0) is 4.74 Å². The van der Waals surface area contributed by atoms with Crippen LogP contribution in [0, 0.1) is 0 Å². The van der Waals surface area contributed by atoms with Crippen LogP contribution in [0.4, 0.5) is 16.6 Å². The second-order valence-electron chi connectivity index (χ2n) is 2.50. The van der Waals surface area contributed by atoms with Crippen molar-refractivity contribution in [2.24, 2.45) is 0 Å². The molecule has 0 aromatic carbocycles. The predicted molar refractivity (Wildman–Crippen MR) is 62.4 cm³/mol. The van der Waals surface area contributed by atoms with E-state index in [2.05, 4.69) is 25.6 Å². The first-order valence-electron chi connectivity index (χ1n) is 4.05. The van der Waals surface area contributed by atoms with Crippen molar-refractivity contribution in [3.8, 4) is 0 Å². The zero-order valence-electron chi connectivity index (χ0n) is 8.57. The van der Waals surface area contributed by atoms with Crippen molar-refractivity contribution in [1.82, 2.24) is 15.4 Å². The van der Waals surface area contributed by atoms with E-state index in [1.807, 2.05) is 0 Å². The molecule has 1 amide bonds. The summed E-state index contributed by atoms with van der Waals surface area (Å²) in [5, 5.41) is 0.217. The minimum atomic E-state index is -0.652. The number of nitrogens with one attached hydrogen (secondary N) is 2. The number of hydrogen-bond donors (Lipinski definition) is 3. The molecule has 0 saturated carbocycles. The monoisotopic (exact) mass is 263 g/mol. The Labute approximate surface area is 101 Å². The molecular formula is C7H10ClN5O2S. The van der Waals surface area contributed by atoms with Gasteiger partial charge in [0.1, 0.15) is 5.15 Å². The van der Waals surface area contributed by atoms with Crippen LogP contribution in [0.3, 0.4) is 0 Å². The molecule has 0 atom stereocenters. The molecule has 4 N–H and O–H groups in total. The number of halogens is 1. The number of aromatic nitrogens is 2. The smallest absolute Gasteiger partial charge is 0.425 e. The lowest BCUT2D eigenvalue weighted by Gasteiger charge is -2.11. The molecular weight excluding hydrogens is 254 g/mol. The first kappa shape index (κ1) is 12.7. The minimum Gasteiger partial charge on any atom is -0.452 e. The van der Waals surface area contributed by atoms with E-state index in [1.165, 1.54) is 18.9 Å². The molecule has 0 aliphatic heterocycles. The van der Waals surface area contributed by atoms with E-state index in [-0.39, 0.29) is 11.1 Å². The maximum absolute atomic E-state index is 10.8. The number of thioether (sulfide) groups is 1. The van der Waals surface area contributed by atoms with Crippen LogP contribution >= 0.6 is 23.4 Å². The third kappa shape index (κ3) is 3.04. The highest BCUT2D eigenvalue weighted by atomic mass is 35.5. The van der Waals surface area contributed by atoms with Gasteiger partial charge in [0, 0.05) is 0 Å². The minimum absolute atomic E-state index is 0.0111. The lowest BCUT2D eigenvalue weighted by atomic mass is 10.6. The Morgan fingerprint density at radius 3 is 2.81 bits per heavy atom. The van der Waals surface area contributed by atoms with Crippen molar-refractivity contribution >= 4 is 41.2 Å². The fourth-order valence-corrected chi connectivity index (χ4v) is 1.78. The van der Waals surface area contributed by atoms with Gasteiger partial charge in [-0.1, -0.05) is 11.6 Å². The van der Waals surface area contributed by atoms with Gasteiger partial charge in [-0.2, -0.15) is 9.97 Å².